The van der Waals surface area contributed by atoms with Crippen molar-refractivity contribution < 1.29 is 9.36 Å². The molecule has 0 unspecified atom stereocenters. The fourth-order valence-electron chi connectivity index (χ4n) is 2.69. The van der Waals surface area contributed by atoms with E-state index in [4.69, 9.17) is 0 Å². The van der Waals surface area contributed by atoms with Gasteiger partial charge < -0.3 is 0 Å². The number of nitrogens with zero attached hydrogens (tertiary/aromatic N) is 1. The molecule has 0 aliphatic carbocycles. The lowest BCUT2D eigenvalue weighted by atomic mass is 10.0. The minimum atomic E-state index is 0.171. The average Bonchev–Trinajstić information content (AvgIpc) is 2.50. The summed E-state index contributed by atoms with van der Waals surface area (Å²) in [6.07, 6.45) is 2.84. The largest absolute Gasteiger partial charge is 0.293 e. The SMILES string of the molecule is CC(=O)C[n+]1ccc2ccccc2c1Cc1ccccc1. The number of fused-ring (bicyclic) bond motifs is 1. The molecular weight excluding hydrogens is 258 g/mol. The van der Waals surface area contributed by atoms with Crippen LogP contribution in [0.5, 0.6) is 0 Å². The molecule has 2 nitrogen and oxygen atoms in total. The third kappa shape index (κ3) is 3.00. The molecule has 21 heavy (non-hydrogen) atoms. The van der Waals surface area contributed by atoms with Crippen LogP contribution in [0.4, 0.5) is 0 Å². The Hall–Kier alpha value is -2.48. The summed E-state index contributed by atoms with van der Waals surface area (Å²) in [6, 6.07) is 20.8. The Morgan fingerprint density at radius 2 is 1.67 bits per heavy atom. The molecule has 1 aromatic heterocycles. The van der Waals surface area contributed by atoms with Gasteiger partial charge in [0.1, 0.15) is 0 Å². The molecule has 3 aromatic rings. The number of hydrogen-bond acceptors (Lipinski definition) is 1. The van der Waals surface area contributed by atoms with E-state index in [0.717, 1.165) is 6.42 Å². The Morgan fingerprint density at radius 3 is 2.43 bits per heavy atom. The topological polar surface area (TPSA) is 20.9 Å². The molecule has 0 aliphatic rings. The van der Waals surface area contributed by atoms with Crippen molar-refractivity contribution in [2.75, 3.05) is 0 Å². The van der Waals surface area contributed by atoms with Gasteiger partial charge in [-0.15, -0.1) is 0 Å². The molecule has 2 heteroatoms. The van der Waals surface area contributed by atoms with E-state index in [1.165, 1.54) is 22.0 Å². The second-order valence-electron chi connectivity index (χ2n) is 5.34. The molecule has 0 saturated carbocycles. The van der Waals surface area contributed by atoms with Crippen LogP contribution in [-0.2, 0) is 17.8 Å². The maximum atomic E-state index is 11.5. The first kappa shape index (κ1) is 13.5. The van der Waals surface area contributed by atoms with Gasteiger partial charge in [0.25, 0.3) is 0 Å². The third-order valence-corrected chi connectivity index (χ3v) is 3.66. The first-order chi connectivity index (χ1) is 10.2. The maximum absolute atomic E-state index is 11.5. The molecule has 104 valence electrons. The second kappa shape index (κ2) is 5.88. The predicted octanol–water partition coefficient (Wildman–Crippen LogP) is 3.31. The van der Waals surface area contributed by atoms with Crippen molar-refractivity contribution in [3.05, 3.63) is 78.1 Å². The number of ketones is 1. The van der Waals surface area contributed by atoms with Crippen LogP contribution in [-0.4, -0.2) is 5.78 Å². The second-order valence-corrected chi connectivity index (χ2v) is 5.34. The molecule has 0 spiro atoms. The Bertz CT molecular complexity index is 778. The van der Waals surface area contributed by atoms with E-state index in [1.54, 1.807) is 6.92 Å². The van der Waals surface area contributed by atoms with Crippen molar-refractivity contribution in [1.29, 1.82) is 0 Å². The molecule has 0 amide bonds. The fraction of sp³-hybridized carbons (Fsp3) is 0.158. The number of benzene rings is 2. The molecule has 0 aliphatic heterocycles. The number of aromatic nitrogens is 1. The highest BCUT2D eigenvalue weighted by Gasteiger charge is 2.16. The van der Waals surface area contributed by atoms with E-state index in [1.807, 2.05) is 18.3 Å². The number of rotatable bonds is 4. The number of Topliss-reactive ketones (excluding diaryl/α,β-unsaturated/α-hetero) is 1. The van der Waals surface area contributed by atoms with Gasteiger partial charge in [0, 0.05) is 18.4 Å². The summed E-state index contributed by atoms with van der Waals surface area (Å²) in [5, 5.41) is 2.42. The van der Waals surface area contributed by atoms with Crippen LogP contribution >= 0.6 is 0 Å². The number of hydrogen-bond donors (Lipinski definition) is 0. The maximum Gasteiger partial charge on any atom is 0.206 e. The van der Waals surface area contributed by atoms with Crippen LogP contribution in [0.25, 0.3) is 10.8 Å². The normalized spacial score (nSPS) is 10.7. The lowest BCUT2D eigenvalue weighted by molar-refractivity contribution is -0.689. The zero-order chi connectivity index (χ0) is 14.7. The van der Waals surface area contributed by atoms with Crippen molar-refractivity contribution in [1.82, 2.24) is 0 Å². The minimum Gasteiger partial charge on any atom is -0.293 e. The molecule has 0 radical (unpaired) electrons. The van der Waals surface area contributed by atoms with Crippen LogP contribution in [0, 0.1) is 0 Å². The van der Waals surface area contributed by atoms with Crippen molar-refractivity contribution in [2.24, 2.45) is 0 Å². The Labute approximate surface area is 124 Å². The summed E-state index contributed by atoms with van der Waals surface area (Å²) >= 11 is 0. The predicted molar refractivity (Wildman–Crippen MR) is 84.1 cm³/mol. The summed E-state index contributed by atoms with van der Waals surface area (Å²) in [5.74, 6) is 0.171. The molecule has 0 atom stereocenters. The fourth-order valence-corrected chi connectivity index (χ4v) is 2.69. The van der Waals surface area contributed by atoms with E-state index in [0.29, 0.717) is 6.54 Å². The van der Waals surface area contributed by atoms with E-state index in [9.17, 15) is 4.79 Å². The number of carbonyl (C=O) groups excluding carboxylic acids is 1. The summed E-state index contributed by atoms with van der Waals surface area (Å²) in [6.45, 7) is 2.06. The third-order valence-electron chi connectivity index (χ3n) is 3.66. The van der Waals surface area contributed by atoms with Gasteiger partial charge in [0.15, 0.2) is 17.7 Å². The van der Waals surface area contributed by atoms with Gasteiger partial charge in [0.05, 0.1) is 6.42 Å². The summed E-state index contributed by atoms with van der Waals surface area (Å²) in [5.41, 5.74) is 2.45. The first-order valence-electron chi connectivity index (χ1n) is 7.17. The molecule has 0 saturated heterocycles. The van der Waals surface area contributed by atoms with E-state index < -0.39 is 0 Å². The Morgan fingerprint density at radius 1 is 0.952 bits per heavy atom. The van der Waals surface area contributed by atoms with Gasteiger partial charge in [0.2, 0.25) is 6.54 Å². The lowest BCUT2D eigenvalue weighted by Gasteiger charge is -2.07. The van der Waals surface area contributed by atoms with Crippen LogP contribution < -0.4 is 4.57 Å². The number of carbonyl (C=O) groups is 1. The van der Waals surface area contributed by atoms with E-state index in [-0.39, 0.29) is 5.78 Å². The van der Waals surface area contributed by atoms with Gasteiger partial charge >= 0.3 is 0 Å². The molecular formula is C19H18NO+. The summed E-state index contributed by atoms with van der Waals surface area (Å²) in [7, 11) is 0. The molecule has 0 bridgehead atoms. The average molecular weight is 276 g/mol. The van der Waals surface area contributed by atoms with Crippen molar-refractivity contribution in [3.8, 4) is 0 Å². The standard InChI is InChI=1S/C19H18NO/c1-15(21)14-20-12-11-17-9-5-6-10-18(17)19(20)13-16-7-3-2-4-8-16/h2-12H,13-14H2,1H3/q+1. The van der Waals surface area contributed by atoms with Crippen LogP contribution in [0.2, 0.25) is 0 Å². The summed E-state index contributed by atoms with van der Waals surface area (Å²) in [4.78, 5) is 11.5. The monoisotopic (exact) mass is 276 g/mol. The lowest BCUT2D eigenvalue weighted by Crippen LogP contribution is -2.41. The van der Waals surface area contributed by atoms with E-state index in [2.05, 4.69) is 53.1 Å². The van der Waals surface area contributed by atoms with Crippen molar-refractivity contribution >= 4 is 16.6 Å². The van der Waals surface area contributed by atoms with Crippen LogP contribution in [0.3, 0.4) is 0 Å². The zero-order valence-electron chi connectivity index (χ0n) is 12.1. The minimum absolute atomic E-state index is 0.171. The quantitative estimate of drug-likeness (QED) is 0.670. The molecule has 3 rings (SSSR count). The van der Waals surface area contributed by atoms with Crippen molar-refractivity contribution in [3.63, 3.8) is 0 Å². The summed E-state index contributed by atoms with van der Waals surface area (Å²) < 4.78 is 2.07. The van der Waals surface area contributed by atoms with Crippen molar-refractivity contribution in [2.45, 2.75) is 19.9 Å². The van der Waals surface area contributed by atoms with Gasteiger partial charge in [-0.2, -0.15) is 4.57 Å². The molecule has 0 N–H and O–H groups in total. The van der Waals surface area contributed by atoms with Gasteiger partial charge in [-0.25, -0.2) is 0 Å². The van der Waals surface area contributed by atoms with Crippen LogP contribution in [0.15, 0.2) is 66.9 Å². The van der Waals surface area contributed by atoms with Crippen LogP contribution in [0.1, 0.15) is 18.2 Å². The van der Waals surface area contributed by atoms with Gasteiger partial charge in [-0.1, -0.05) is 48.5 Å². The highest BCUT2D eigenvalue weighted by Crippen LogP contribution is 2.18. The molecule has 2 aromatic carbocycles. The molecule has 1 heterocycles. The highest BCUT2D eigenvalue weighted by molar-refractivity contribution is 5.83. The highest BCUT2D eigenvalue weighted by atomic mass is 16.1. The Balaban J connectivity index is 2.13. The molecule has 0 fully saturated rings. The smallest absolute Gasteiger partial charge is 0.206 e. The Kier molecular flexibility index (Phi) is 3.78. The van der Waals surface area contributed by atoms with Gasteiger partial charge in [-0.05, 0) is 17.0 Å². The number of pyridine rings is 1. The van der Waals surface area contributed by atoms with Gasteiger partial charge in [-0.3, -0.25) is 4.79 Å². The van der Waals surface area contributed by atoms with E-state index >= 15 is 0 Å². The first-order valence-corrected chi connectivity index (χ1v) is 7.17. The zero-order valence-corrected chi connectivity index (χ0v) is 12.1.